The fraction of sp³-hybridized carbons (Fsp3) is 0.333. The lowest BCUT2D eigenvalue weighted by atomic mass is 9.96. The van der Waals surface area contributed by atoms with Gasteiger partial charge in [-0.1, -0.05) is 35.9 Å². The van der Waals surface area contributed by atoms with Gasteiger partial charge in [0, 0.05) is 30.6 Å². The molecule has 0 radical (unpaired) electrons. The van der Waals surface area contributed by atoms with Gasteiger partial charge >= 0.3 is 5.97 Å². The van der Waals surface area contributed by atoms with E-state index in [1.807, 2.05) is 30.4 Å². The molecule has 1 aromatic heterocycles. The van der Waals surface area contributed by atoms with Crippen molar-refractivity contribution in [3.8, 4) is 11.3 Å². The molecule has 6 nitrogen and oxygen atoms in total. The van der Waals surface area contributed by atoms with E-state index in [4.69, 9.17) is 16.6 Å². The zero-order valence-corrected chi connectivity index (χ0v) is 19.7. The summed E-state index contributed by atoms with van der Waals surface area (Å²) in [6, 6.07) is 9.92. The minimum absolute atomic E-state index is 0.0578. The molecule has 1 atom stereocenters. The molecule has 3 heterocycles. The van der Waals surface area contributed by atoms with Crippen LogP contribution in [-0.2, 0) is 4.79 Å². The third-order valence-corrected chi connectivity index (χ3v) is 7.02. The van der Waals surface area contributed by atoms with E-state index in [9.17, 15) is 9.90 Å². The number of aliphatic carboxylic acids is 1. The highest BCUT2D eigenvalue weighted by molar-refractivity contribution is 8.04. The van der Waals surface area contributed by atoms with Crippen LogP contribution in [0.5, 0.6) is 0 Å². The molecule has 2 aromatic rings. The van der Waals surface area contributed by atoms with Gasteiger partial charge in [-0.2, -0.15) is 0 Å². The lowest BCUT2D eigenvalue weighted by molar-refractivity contribution is -0.143. The number of halogens is 1. The molecule has 3 N–H and O–H groups in total. The van der Waals surface area contributed by atoms with Crippen molar-refractivity contribution in [1.82, 2.24) is 15.2 Å². The first-order chi connectivity index (χ1) is 15.4. The Labute approximate surface area is 197 Å². The molecule has 1 aromatic carbocycles. The summed E-state index contributed by atoms with van der Waals surface area (Å²) in [7, 11) is 0. The van der Waals surface area contributed by atoms with E-state index in [1.165, 1.54) is 11.9 Å². The van der Waals surface area contributed by atoms with Gasteiger partial charge in [0.05, 0.1) is 27.8 Å². The molecule has 0 aliphatic carbocycles. The smallest absolute Gasteiger partial charge is 0.306 e. The molecule has 0 bridgehead atoms. The summed E-state index contributed by atoms with van der Waals surface area (Å²) in [5.41, 5.74) is 4.12. The van der Waals surface area contributed by atoms with Crippen LogP contribution in [0.3, 0.4) is 0 Å². The molecule has 0 spiro atoms. The molecule has 2 aliphatic rings. The van der Waals surface area contributed by atoms with Gasteiger partial charge in [0.1, 0.15) is 5.82 Å². The van der Waals surface area contributed by atoms with Crippen molar-refractivity contribution in [2.24, 2.45) is 5.92 Å². The Morgan fingerprint density at radius 2 is 1.94 bits per heavy atom. The van der Waals surface area contributed by atoms with Gasteiger partial charge in [0.25, 0.3) is 0 Å². The van der Waals surface area contributed by atoms with Gasteiger partial charge in [0.15, 0.2) is 0 Å². The number of nitrogens with one attached hydrogen (secondary N) is 2. The maximum atomic E-state index is 11.2. The number of benzene rings is 1. The van der Waals surface area contributed by atoms with Crippen LogP contribution in [0.25, 0.3) is 11.3 Å². The van der Waals surface area contributed by atoms with Gasteiger partial charge in [-0.3, -0.25) is 9.69 Å². The van der Waals surface area contributed by atoms with Gasteiger partial charge in [-0.25, -0.2) is 4.98 Å². The van der Waals surface area contributed by atoms with E-state index in [0.29, 0.717) is 17.9 Å². The number of aryl methyl sites for hydroxylation is 2. The first-order valence-electron chi connectivity index (χ1n) is 10.7. The highest BCUT2D eigenvalue weighted by Gasteiger charge is 2.28. The van der Waals surface area contributed by atoms with Gasteiger partial charge in [0.2, 0.25) is 0 Å². The summed E-state index contributed by atoms with van der Waals surface area (Å²) in [5.74, 6) is -0.187. The van der Waals surface area contributed by atoms with Crippen LogP contribution in [0.4, 0.5) is 5.82 Å². The maximum Gasteiger partial charge on any atom is 0.306 e. The summed E-state index contributed by atoms with van der Waals surface area (Å²) in [6.45, 7) is 5.67. The Kier molecular flexibility index (Phi) is 7.08. The van der Waals surface area contributed by atoms with E-state index >= 15 is 0 Å². The number of pyridine rings is 1. The monoisotopic (exact) mass is 470 g/mol. The number of carboxylic acid groups (broad SMARTS) is 1. The minimum Gasteiger partial charge on any atom is -0.481 e. The molecule has 2 aliphatic heterocycles. The van der Waals surface area contributed by atoms with Gasteiger partial charge < -0.3 is 15.1 Å². The highest BCUT2D eigenvalue weighted by atomic mass is 35.5. The number of hydrogen-bond donors (Lipinski definition) is 3. The molecule has 168 valence electrons. The summed E-state index contributed by atoms with van der Waals surface area (Å²) < 4.78 is 3.32. The number of dihydropyridines is 1. The van der Waals surface area contributed by atoms with Crippen LogP contribution in [0.2, 0.25) is 5.02 Å². The Bertz CT molecular complexity index is 1040. The fourth-order valence-electron chi connectivity index (χ4n) is 4.16. The van der Waals surface area contributed by atoms with Crippen molar-refractivity contribution < 1.29 is 9.90 Å². The highest BCUT2D eigenvalue weighted by Crippen LogP contribution is 2.33. The molecular formula is C24H27ClN4O2S. The molecule has 32 heavy (non-hydrogen) atoms. The predicted molar refractivity (Wildman–Crippen MR) is 131 cm³/mol. The summed E-state index contributed by atoms with van der Waals surface area (Å²) >= 11 is 7.95. The number of likely N-dealkylation sites (tertiary alicyclic amines) is 1. The van der Waals surface area contributed by atoms with E-state index in [2.05, 4.69) is 47.0 Å². The van der Waals surface area contributed by atoms with E-state index < -0.39 is 5.97 Å². The second-order valence-electron chi connectivity index (χ2n) is 8.15. The van der Waals surface area contributed by atoms with Crippen LogP contribution >= 0.6 is 23.5 Å². The number of aromatic nitrogens is 1. The fourth-order valence-corrected chi connectivity index (χ4v) is 5.02. The number of rotatable bonds is 6. The third kappa shape index (κ3) is 5.11. The summed E-state index contributed by atoms with van der Waals surface area (Å²) in [6.07, 6.45) is 7.57. The van der Waals surface area contributed by atoms with Gasteiger partial charge in [-0.05, 0) is 62.1 Å². The van der Waals surface area contributed by atoms with Crippen LogP contribution in [-0.4, -0.2) is 40.2 Å². The molecule has 1 saturated heterocycles. The quantitative estimate of drug-likeness (QED) is 0.500. The third-order valence-electron chi connectivity index (χ3n) is 5.93. The Morgan fingerprint density at radius 3 is 2.62 bits per heavy atom. The second-order valence-corrected chi connectivity index (χ2v) is 9.41. The number of carboxylic acids is 1. The molecule has 1 fully saturated rings. The Balaban J connectivity index is 1.40. The number of hydrogen-bond acceptors (Lipinski definition) is 6. The van der Waals surface area contributed by atoms with E-state index in [-0.39, 0.29) is 12.1 Å². The lowest BCUT2D eigenvalue weighted by Gasteiger charge is -2.37. The Morgan fingerprint density at radius 1 is 1.22 bits per heavy atom. The second kappa shape index (κ2) is 9.98. The van der Waals surface area contributed by atoms with Crippen molar-refractivity contribution in [2.75, 3.05) is 17.8 Å². The van der Waals surface area contributed by atoms with Crippen molar-refractivity contribution in [1.29, 1.82) is 0 Å². The zero-order chi connectivity index (χ0) is 22.7. The first kappa shape index (κ1) is 22.7. The number of anilines is 1. The average molecular weight is 471 g/mol. The minimum atomic E-state index is -0.687. The van der Waals surface area contributed by atoms with Crippen molar-refractivity contribution in [2.45, 2.75) is 32.9 Å². The average Bonchev–Trinajstić information content (AvgIpc) is 2.79. The lowest BCUT2D eigenvalue weighted by Crippen LogP contribution is -2.49. The molecule has 8 heteroatoms. The van der Waals surface area contributed by atoms with Crippen molar-refractivity contribution in [3.63, 3.8) is 0 Å². The molecular weight excluding hydrogens is 444 g/mol. The molecule has 4 rings (SSSR count). The van der Waals surface area contributed by atoms with E-state index in [1.54, 1.807) is 0 Å². The summed E-state index contributed by atoms with van der Waals surface area (Å²) in [4.78, 5) is 18.3. The van der Waals surface area contributed by atoms with Crippen LogP contribution in [0.1, 0.15) is 24.0 Å². The maximum absolute atomic E-state index is 11.2. The molecule has 0 saturated carbocycles. The first-order valence-corrected chi connectivity index (χ1v) is 11.9. The van der Waals surface area contributed by atoms with Crippen LogP contribution < -0.4 is 10.0 Å². The molecule has 1 unspecified atom stereocenters. The normalized spacial score (nSPS) is 19.3. The number of allylic oxidation sites excluding steroid dienone is 2. The number of carbonyl (C=O) groups is 1. The van der Waals surface area contributed by atoms with Gasteiger partial charge in [-0.15, -0.1) is 0 Å². The summed E-state index contributed by atoms with van der Waals surface area (Å²) in [5, 5.41) is 14.3. The zero-order valence-electron chi connectivity index (χ0n) is 18.1. The number of nitrogens with zero attached hydrogens (tertiary/aromatic N) is 2. The van der Waals surface area contributed by atoms with Crippen molar-refractivity contribution in [3.05, 3.63) is 69.7 Å². The number of piperidine rings is 1. The van der Waals surface area contributed by atoms with Crippen LogP contribution in [0, 0.1) is 19.8 Å². The topological polar surface area (TPSA) is 77.5 Å². The largest absolute Gasteiger partial charge is 0.481 e. The van der Waals surface area contributed by atoms with Crippen molar-refractivity contribution >= 4 is 35.3 Å². The Hall–Kier alpha value is -2.48. The SMILES string of the molecule is Cc1cccc(C)c1-c1nc(NSC2=CC=CC(N3CCC(C(=O)O)CC3)N2)ccc1Cl. The van der Waals surface area contributed by atoms with E-state index in [0.717, 1.165) is 46.3 Å². The van der Waals surface area contributed by atoms with Crippen LogP contribution in [0.15, 0.2) is 53.6 Å². The standard InChI is InChI=1S/C24H27ClN4O2S/c1-15-5-3-6-16(2)22(15)23-18(25)9-10-19(26-23)28-32-21-8-4-7-20(27-21)29-13-11-17(12-14-29)24(30)31/h3-10,17,20,27H,11-14H2,1-2H3,(H,26,28)(H,30,31). The molecule has 0 amide bonds. The predicted octanol–water partition coefficient (Wildman–Crippen LogP) is 5.20.